The Bertz CT molecular complexity index is 286. The first kappa shape index (κ1) is 9.70. The molecule has 0 unspecified atom stereocenters. The highest BCUT2D eigenvalue weighted by Gasteiger charge is 2.04. The van der Waals surface area contributed by atoms with Gasteiger partial charge >= 0.3 is 0 Å². The van der Waals surface area contributed by atoms with Gasteiger partial charge in [0.1, 0.15) is 11.6 Å². The molecule has 0 saturated heterocycles. The minimum Gasteiger partial charge on any atom is -0.369 e. The van der Waals surface area contributed by atoms with Crippen molar-refractivity contribution in [3.63, 3.8) is 0 Å². The van der Waals surface area contributed by atoms with Gasteiger partial charge in [-0.05, 0) is 43.4 Å². The van der Waals surface area contributed by atoms with E-state index in [9.17, 15) is 0 Å². The molecule has 0 amide bonds. The predicted molar refractivity (Wildman–Crippen MR) is 58.4 cm³/mol. The Kier molecular flexibility index (Phi) is 3.25. The monoisotopic (exact) mass is 277 g/mol. The number of aromatic nitrogens is 2. The predicted octanol–water partition coefficient (Wildman–Crippen LogP) is 2.13. The number of hydrogen-bond acceptors (Lipinski definition) is 3. The Morgan fingerprint density at radius 2 is 2.00 bits per heavy atom. The van der Waals surface area contributed by atoms with E-state index in [4.69, 9.17) is 0 Å². The van der Waals surface area contributed by atoms with E-state index in [1.54, 1.807) is 0 Å². The molecule has 0 aliphatic rings. The molecule has 0 bridgehead atoms. The van der Waals surface area contributed by atoms with E-state index in [0.29, 0.717) is 0 Å². The minimum atomic E-state index is 0.823. The third-order valence-electron chi connectivity index (χ3n) is 1.47. The number of nitrogens with zero attached hydrogens (tertiary/aromatic N) is 2. The van der Waals surface area contributed by atoms with Crippen LogP contribution in [0.4, 0.5) is 5.82 Å². The van der Waals surface area contributed by atoms with Gasteiger partial charge in [-0.25, -0.2) is 9.97 Å². The molecule has 0 aliphatic carbocycles. The second-order valence-electron chi connectivity index (χ2n) is 2.55. The molecule has 0 spiro atoms. The molecule has 0 aliphatic heterocycles. The van der Waals surface area contributed by atoms with E-state index in [1.165, 1.54) is 0 Å². The van der Waals surface area contributed by atoms with Crippen LogP contribution in [-0.2, 0) is 0 Å². The van der Waals surface area contributed by atoms with Crippen LogP contribution in [0.2, 0.25) is 0 Å². The van der Waals surface area contributed by atoms with Crippen LogP contribution in [0.25, 0.3) is 0 Å². The molecule has 66 valence electrons. The van der Waals surface area contributed by atoms with Gasteiger partial charge in [0, 0.05) is 6.54 Å². The van der Waals surface area contributed by atoms with Gasteiger partial charge in [-0.1, -0.05) is 0 Å². The van der Waals surface area contributed by atoms with Crippen molar-refractivity contribution in [2.24, 2.45) is 0 Å². The lowest BCUT2D eigenvalue weighted by atomic mass is 10.4. The van der Waals surface area contributed by atoms with E-state index >= 15 is 0 Å². The van der Waals surface area contributed by atoms with E-state index in [0.717, 1.165) is 27.5 Å². The molecular formula is C8H12IN3. The molecule has 12 heavy (non-hydrogen) atoms. The topological polar surface area (TPSA) is 37.8 Å². The third-order valence-corrected chi connectivity index (χ3v) is 2.76. The maximum Gasteiger partial charge on any atom is 0.143 e. The zero-order chi connectivity index (χ0) is 9.14. The molecule has 1 aromatic heterocycles. The Hall–Kier alpha value is -0.390. The zero-order valence-corrected chi connectivity index (χ0v) is 9.64. The van der Waals surface area contributed by atoms with Gasteiger partial charge in [0.05, 0.1) is 9.26 Å². The molecule has 0 aromatic carbocycles. The molecule has 1 heterocycles. The Morgan fingerprint density at radius 3 is 2.58 bits per heavy atom. The van der Waals surface area contributed by atoms with E-state index in [2.05, 4.69) is 44.8 Å². The van der Waals surface area contributed by atoms with Crippen LogP contribution in [-0.4, -0.2) is 16.5 Å². The third kappa shape index (κ3) is 2.06. The van der Waals surface area contributed by atoms with Gasteiger partial charge < -0.3 is 5.32 Å². The molecule has 0 saturated carbocycles. The Morgan fingerprint density at radius 1 is 1.33 bits per heavy atom. The molecule has 0 atom stereocenters. The zero-order valence-electron chi connectivity index (χ0n) is 7.48. The summed E-state index contributed by atoms with van der Waals surface area (Å²) in [5, 5.41) is 3.20. The molecule has 0 fully saturated rings. The summed E-state index contributed by atoms with van der Waals surface area (Å²) in [5.41, 5.74) is 1.04. The molecule has 3 nitrogen and oxygen atoms in total. The first-order valence-electron chi connectivity index (χ1n) is 3.89. The van der Waals surface area contributed by atoms with Gasteiger partial charge in [-0.15, -0.1) is 0 Å². The smallest absolute Gasteiger partial charge is 0.143 e. The highest BCUT2D eigenvalue weighted by atomic mass is 127. The van der Waals surface area contributed by atoms with Crippen molar-refractivity contribution in [1.29, 1.82) is 0 Å². The van der Waals surface area contributed by atoms with Crippen LogP contribution in [0, 0.1) is 17.4 Å². The van der Waals surface area contributed by atoms with E-state index in [-0.39, 0.29) is 0 Å². The second kappa shape index (κ2) is 4.02. The Labute approximate surface area is 86.1 Å². The van der Waals surface area contributed by atoms with Crippen LogP contribution in [0.1, 0.15) is 18.4 Å². The van der Waals surface area contributed by atoms with Gasteiger partial charge in [0.15, 0.2) is 0 Å². The summed E-state index contributed by atoms with van der Waals surface area (Å²) in [6.07, 6.45) is 0. The molecular weight excluding hydrogens is 265 g/mol. The normalized spacial score (nSPS) is 10.0. The van der Waals surface area contributed by atoms with E-state index < -0.39 is 0 Å². The number of aryl methyl sites for hydroxylation is 2. The van der Waals surface area contributed by atoms with Crippen LogP contribution in [0.15, 0.2) is 0 Å². The van der Waals surface area contributed by atoms with Crippen molar-refractivity contribution >= 4 is 28.4 Å². The maximum absolute atomic E-state index is 4.29. The fourth-order valence-corrected chi connectivity index (χ4v) is 1.42. The summed E-state index contributed by atoms with van der Waals surface area (Å²) < 4.78 is 1.11. The number of hydrogen-bond donors (Lipinski definition) is 1. The molecule has 1 aromatic rings. The van der Waals surface area contributed by atoms with Crippen molar-refractivity contribution in [3.8, 4) is 0 Å². The summed E-state index contributed by atoms with van der Waals surface area (Å²) in [6, 6.07) is 0. The fourth-order valence-electron chi connectivity index (χ4n) is 0.984. The summed E-state index contributed by atoms with van der Waals surface area (Å²) in [6.45, 7) is 6.86. The Balaban J connectivity index is 3.09. The summed E-state index contributed by atoms with van der Waals surface area (Å²) in [7, 11) is 0. The maximum atomic E-state index is 4.29. The van der Waals surface area contributed by atoms with Crippen LogP contribution in [0.5, 0.6) is 0 Å². The highest BCUT2D eigenvalue weighted by molar-refractivity contribution is 14.1. The SMILES string of the molecule is CCNc1nc(C)nc(C)c1I. The van der Waals surface area contributed by atoms with Gasteiger partial charge in [0.25, 0.3) is 0 Å². The largest absolute Gasteiger partial charge is 0.369 e. The van der Waals surface area contributed by atoms with Crippen molar-refractivity contribution in [3.05, 3.63) is 15.1 Å². The fraction of sp³-hybridized carbons (Fsp3) is 0.500. The minimum absolute atomic E-state index is 0.823. The molecule has 4 heteroatoms. The molecule has 1 rings (SSSR count). The number of anilines is 1. The quantitative estimate of drug-likeness (QED) is 0.841. The second-order valence-corrected chi connectivity index (χ2v) is 3.63. The van der Waals surface area contributed by atoms with Gasteiger partial charge in [-0.2, -0.15) is 0 Å². The number of nitrogens with one attached hydrogen (secondary N) is 1. The first-order chi connectivity index (χ1) is 5.65. The van der Waals surface area contributed by atoms with Crippen LogP contribution < -0.4 is 5.32 Å². The van der Waals surface area contributed by atoms with Crippen molar-refractivity contribution < 1.29 is 0 Å². The average Bonchev–Trinajstić information content (AvgIpc) is 2.00. The first-order valence-corrected chi connectivity index (χ1v) is 4.97. The van der Waals surface area contributed by atoms with Crippen molar-refractivity contribution in [2.45, 2.75) is 20.8 Å². The summed E-state index contributed by atoms with van der Waals surface area (Å²) >= 11 is 2.26. The lowest BCUT2D eigenvalue weighted by Gasteiger charge is -2.07. The molecule has 1 N–H and O–H groups in total. The lowest BCUT2D eigenvalue weighted by Crippen LogP contribution is -2.05. The van der Waals surface area contributed by atoms with Crippen molar-refractivity contribution in [1.82, 2.24) is 9.97 Å². The number of halogens is 1. The number of rotatable bonds is 2. The lowest BCUT2D eigenvalue weighted by molar-refractivity contribution is 0.986. The van der Waals surface area contributed by atoms with Crippen LogP contribution in [0.3, 0.4) is 0 Å². The standard InChI is InChI=1S/C8H12IN3/c1-4-10-8-7(9)5(2)11-6(3)12-8/h4H2,1-3H3,(H,10,11,12). The van der Waals surface area contributed by atoms with Crippen molar-refractivity contribution in [2.75, 3.05) is 11.9 Å². The van der Waals surface area contributed by atoms with Crippen LogP contribution >= 0.6 is 22.6 Å². The van der Waals surface area contributed by atoms with E-state index in [1.807, 2.05) is 13.8 Å². The van der Waals surface area contributed by atoms with Gasteiger partial charge in [-0.3, -0.25) is 0 Å². The molecule has 0 radical (unpaired) electrons. The van der Waals surface area contributed by atoms with Gasteiger partial charge in [0.2, 0.25) is 0 Å². The summed E-state index contributed by atoms with van der Waals surface area (Å²) in [4.78, 5) is 8.55. The summed E-state index contributed by atoms with van der Waals surface area (Å²) in [5.74, 6) is 1.77. The highest BCUT2D eigenvalue weighted by Crippen LogP contribution is 2.17. The average molecular weight is 277 g/mol.